The zero-order valence-corrected chi connectivity index (χ0v) is 11.5. The molecule has 0 saturated carbocycles. The van der Waals surface area contributed by atoms with Crippen molar-refractivity contribution in [1.29, 1.82) is 0 Å². The molecule has 0 spiro atoms. The lowest BCUT2D eigenvalue weighted by Crippen LogP contribution is -2.34. The van der Waals surface area contributed by atoms with Crippen LogP contribution >= 0.6 is 11.6 Å². The fraction of sp³-hybridized carbons (Fsp3) is 0.400. The van der Waals surface area contributed by atoms with Gasteiger partial charge in [0.25, 0.3) is 0 Å². The highest BCUT2D eigenvalue weighted by molar-refractivity contribution is 7.89. The summed E-state index contributed by atoms with van der Waals surface area (Å²) in [5.41, 5.74) is 6.16. The fourth-order valence-corrected chi connectivity index (χ4v) is 3.08. The molecule has 0 aliphatic carbocycles. The Kier molecular flexibility index (Phi) is 4.83. The minimum Gasteiger partial charge on any atom is -0.326 e. The van der Waals surface area contributed by atoms with Crippen molar-refractivity contribution in [3.8, 4) is 0 Å². The van der Waals surface area contributed by atoms with E-state index in [2.05, 4.69) is 0 Å². The van der Waals surface area contributed by atoms with Crippen molar-refractivity contribution in [2.75, 3.05) is 6.54 Å². The first-order valence-electron chi connectivity index (χ1n) is 5.12. The zero-order valence-electron chi connectivity index (χ0n) is 9.88. The van der Waals surface area contributed by atoms with Gasteiger partial charge in [-0.25, -0.2) is 13.1 Å². The van der Waals surface area contributed by atoms with Crippen LogP contribution in [-0.2, 0) is 16.6 Å². The predicted octanol–water partition coefficient (Wildman–Crippen LogP) is 1.95. The SMILES string of the molecule is Cc1c(CN)cc(Cl)cc1S(=O)(=O)NCC(F)(F)F. The molecule has 0 aliphatic heterocycles. The number of halogens is 4. The van der Waals surface area contributed by atoms with Crippen molar-refractivity contribution in [2.45, 2.75) is 24.5 Å². The summed E-state index contributed by atoms with van der Waals surface area (Å²) >= 11 is 5.73. The van der Waals surface area contributed by atoms with Crippen LogP contribution in [0, 0.1) is 6.92 Å². The molecule has 1 aromatic carbocycles. The first-order valence-corrected chi connectivity index (χ1v) is 6.98. The van der Waals surface area contributed by atoms with E-state index in [-0.39, 0.29) is 22.0 Å². The van der Waals surface area contributed by atoms with E-state index in [0.717, 1.165) is 6.07 Å². The molecule has 108 valence electrons. The number of rotatable bonds is 4. The second-order valence-electron chi connectivity index (χ2n) is 3.83. The Balaban J connectivity index is 3.18. The van der Waals surface area contributed by atoms with Crippen LogP contribution in [0.4, 0.5) is 13.2 Å². The van der Waals surface area contributed by atoms with Gasteiger partial charge in [-0.05, 0) is 30.2 Å². The summed E-state index contributed by atoms with van der Waals surface area (Å²) in [6.07, 6.45) is -4.63. The monoisotopic (exact) mass is 316 g/mol. The molecule has 0 atom stereocenters. The third kappa shape index (κ3) is 4.34. The van der Waals surface area contributed by atoms with Gasteiger partial charge in [-0.3, -0.25) is 0 Å². The van der Waals surface area contributed by atoms with Crippen LogP contribution in [0.2, 0.25) is 5.02 Å². The Morgan fingerprint density at radius 1 is 1.37 bits per heavy atom. The largest absolute Gasteiger partial charge is 0.402 e. The Bertz CT molecular complexity index is 573. The van der Waals surface area contributed by atoms with Crippen LogP contribution in [0.1, 0.15) is 11.1 Å². The molecule has 1 rings (SSSR count). The standard InChI is InChI=1S/C10H12ClF3N2O2S/c1-6-7(4-15)2-8(11)3-9(6)19(17,18)16-5-10(12,13)14/h2-3,16H,4-5,15H2,1H3. The molecule has 0 radical (unpaired) electrons. The smallest absolute Gasteiger partial charge is 0.326 e. The van der Waals surface area contributed by atoms with E-state index in [4.69, 9.17) is 17.3 Å². The highest BCUT2D eigenvalue weighted by Crippen LogP contribution is 2.24. The van der Waals surface area contributed by atoms with Gasteiger partial charge >= 0.3 is 6.18 Å². The Morgan fingerprint density at radius 3 is 2.42 bits per heavy atom. The Morgan fingerprint density at radius 2 is 1.95 bits per heavy atom. The van der Waals surface area contributed by atoms with Crippen molar-refractivity contribution < 1.29 is 21.6 Å². The van der Waals surface area contributed by atoms with Gasteiger partial charge in [0, 0.05) is 11.6 Å². The first kappa shape index (κ1) is 16.2. The van der Waals surface area contributed by atoms with Gasteiger partial charge in [-0.1, -0.05) is 11.6 Å². The van der Waals surface area contributed by atoms with Crippen molar-refractivity contribution in [2.24, 2.45) is 5.73 Å². The third-order valence-corrected chi connectivity index (χ3v) is 4.15. The highest BCUT2D eigenvalue weighted by Gasteiger charge is 2.30. The van der Waals surface area contributed by atoms with E-state index in [1.807, 2.05) is 0 Å². The molecule has 3 N–H and O–H groups in total. The fourth-order valence-electron chi connectivity index (χ4n) is 1.45. The molecule has 0 saturated heterocycles. The number of nitrogens with two attached hydrogens (primary N) is 1. The normalized spacial score (nSPS) is 12.7. The third-order valence-electron chi connectivity index (χ3n) is 2.40. The minimum atomic E-state index is -4.63. The van der Waals surface area contributed by atoms with Crippen LogP contribution in [0.15, 0.2) is 17.0 Å². The molecule has 19 heavy (non-hydrogen) atoms. The molecule has 0 aliphatic rings. The number of benzene rings is 1. The van der Waals surface area contributed by atoms with E-state index in [9.17, 15) is 21.6 Å². The van der Waals surface area contributed by atoms with E-state index < -0.39 is 22.7 Å². The molecular formula is C10H12ClF3N2O2S. The van der Waals surface area contributed by atoms with Crippen molar-refractivity contribution in [3.05, 3.63) is 28.3 Å². The number of sulfonamides is 1. The zero-order chi connectivity index (χ0) is 14.8. The summed E-state index contributed by atoms with van der Waals surface area (Å²) in [6, 6.07) is 2.56. The van der Waals surface area contributed by atoms with E-state index in [1.54, 1.807) is 0 Å². The van der Waals surface area contributed by atoms with E-state index in [0.29, 0.717) is 5.56 Å². The number of hydrogen-bond acceptors (Lipinski definition) is 3. The maximum atomic E-state index is 12.1. The second kappa shape index (κ2) is 5.66. The summed E-state index contributed by atoms with van der Waals surface area (Å²) < 4.78 is 61.3. The Hall–Kier alpha value is -0.830. The number of alkyl halides is 3. The van der Waals surface area contributed by atoms with Crippen LogP contribution in [0.3, 0.4) is 0 Å². The van der Waals surface area contributed by atoms with Gasteiger partial charge in [0.05, 0.1) is 4.90 Å². The van der Waals surface area contributed by atoms with Crippen molar-refractivity contribution in [3.63, 3.8) is 0 Å². The van der Waals surface area contributed by atoms with Crippen LogP contribution in [-0.4, -0.2) is 21.1 Å². The summed E-state index contributed by atoms with van der Waals surface area (Å²) in [5, 5.41) is 0.0958. The average Bonchev–Trinajstić information content (AvgIpc) is 2.28. The quantitative estimate of drug-likeness (QED) is 0.891. The van der Waals surface area contributed by atoms with Gasteiger partial charge in [0.1, 0.15) is 6.54 Å². The van der Waals surface area contributed by atoms with Gasteiger partial charge in [0.2, 0.25) is 10.0 Å². The molecule has 1 aromatic rings. The lowest BCUT2D eigenvalue weighted by Gasteiger charge is -2.13. The highest BCUT2D eigenvalue weighted by atomic mass is 35.5. The molecule has 9 heteroatoms. The summed E-state index contributed by atoms with van der Waals surface area (Å²) in [5.74, 6) is 0. The average molecular weight is 317 g/mol. The van der Waals surface area contributed by atoms with Crippen molar-refractivity contribution >= 4 is 21.6 Å². The summed E-state index contributed by atoms with van der Waals surface area (Å²) in [6.45, 7) is -0.145. The maximum absolute atomic E-state index is 12.1. The topological polar surface area (TPSA) is 72.2 Å². The molecule has 0 amide bonds. The molecule has 0 bridgehead atoms. The molecule has 0 fully saturated rings. The van der Waals surface area contributed by atoms with Gasteiger partial charge in [-0.2, -0.15) is 13.2 Å². The first-order chi connectivity index (χ1) is 8.57. The maximum Gasteiger partial charge on any atom is 0.402 e. The molecule has 4 nitrogen and oxygen atoms in total. The second-order valence-corrected chi connectivity index (χ2v) is 6.00. The van der Waals surface area contributed by atoms with Crippen molar-refractivity contribution in [1.82, 2.24) is 4.72 Å². The van der Waals surface area contributed by atoms with E-state index >= 15 is 0 Å². The predicted molar refractivity (Wildman–Crippen MR) is 65.3 cm³/mol. The molecular weight excluding hydrogens is 305 g/mol. The van der Waals surface area contributed by atoms with Crippen LogP contribution in [0.25, 0.3) is 0 Å². The van der Waals surface area contributed by atoms with E-state index in [1.165, 1.54) is 17.7 Å². The number of nitrogens with one attached hydrogen (secondary N) is 1. The minimum absolute atomic E-state index is 0.0359. The van der Waals surface area contributed by atoms with Gasteiger partial charge in [0.15, 0.2) is 0 Å². The lowest BCUT2D eigenvalue weighted by molar-refractivity contribution is -0.121. The van der Waals surface area contributed by atoms with Crippen LogP contribution < -0.4 is 10.5 Å². The number of hydrogen-bond donors (Lipinski definition) is 2. The lowest BCUT2D eigenvalue weighted by atomic mass is 10.1. The molecule has 0 aromatic heterocycles. The van der Waals surface area contributed by atoms with Gasteiger partial charge in [-0.15, -0.1) is 0 Å². The Labute approximate surface area is 113 Å². The summed E-state index contributed by atoms with van der Waals surface area (Å²) in [7, 11) is -4.29. The molecule has 0 unspecified atom stereocenters. The van der Waals surface area contributed by atoms with Crippen LogP contribution in [0.5, 0.6) is 0 Å². The summed E-state index contributed by atoms with van der Waals surface area (Å²) in [4.78, 5) is -0.301. The molecule has 0 heterocycles. The van der Waals surface area contributed by atoms with Gasteiger partial charge < -0.3 is 5.73 Å².